The van der Waals surface area contributed by atoms with E-state index < -0.39 is 11.4 Å². The SMILES string of the molecule is CC(C)(C)[C@@]12OO[C@]1(c1cccc(O)c1)OC[C@]2(C)CCOC1CCCCO1. The molecule has 28 heavy (non-hydrogen) atoms. The van der Waals surface area contributed by atoms with Gasteiger partial charge in [-0.1, -0.05) is 39.8 Å². The Morgan fingerprint density at radius 1 is 1.21 bits per heavy atom. The maximum Gasteiger partial charge on any atom is 0.261 e. The second kappa shape index (κ2) is 6.96. The van der Waals surface area contributed by atoms with Crippen molar-refractivity contribution in [2.24, 2.45) is 10.8 Å². The molecule has 0 saturated carbocycles. The summed E-state index contributed by atoms with van der Waals surface area (Å²) in [4.78, 5) is 11.7. The number of phenols is 1. The lowest BCUT2D eigenvalue weighted by atomic mass is 9.56. The topological polar surface area (TPSA) is 66.4 Å². The minimum atomic E-state index is -1.04. The van der Waals surface area contributed by atoms with Crippen LogP contribution >= 0.6 is 0 Å². The molecule has 4 atom stereocenters. The summed E-state index contributed by atoms with van der Waals surface area (Å²) in [5, 5.41) is 10.0. The van der Waals surface area contributed by atoms with Crippen molar-refractivity contribution in [1.82, 2.24) is 0 Å². The molecular formula is C22H32O6. The van der Waals surface area contributed by atoms with Crippen molar-refractivity contribution >= 4 is 0 Å². The molecule has 0 spiro atoms. The van der Waals surface area contributed by atoms with Gasteiger partial charge in [0, 0.05) is 23.0 Å². The summed E-state index contributed by atoms with van der Waals surface area (Å²) < 4.78 is 18.0. The average Bonchev–Trinajstić information content (AvgIpc) is 2.79. The van der Waals surface area contributed by atoms with Crippen molar-refractivity contribution in [1.29, 1.82) is 0 Å². The van der Waals surface area contributed by atoms with E-state index in [0.29, 0.717) is 13.2 Å². The molecule has 0 bridgehead atoms. The normalized spacial score (nSPS) is 38.1. The second-order valence-electron chi connectivity index (χ2n) is 9.53. The van der Waals surface area contributed by atoms with Gasteiger partial charge < -0.3 is 19.3 Å². The lowest BCUT2D eigenvalue weighted by Crippen LogP contribution is -2.73. The summed E-state index contributed by atoms with van der Waals surface area (Å²) in [6.07, 6.45) is 3.85. The number of hydrogen-bond acceptors (Lipinski definition) is 6. The fraction of sp³-hybridized carbons (Fsp3) is 0.727. The Hall–Kier alpha value is -1.18. The summed E-state index contributed by atoms with van der Waals surface area (Å²) in [5.74, 6) is -0.861. The van der Waals surface area contributed by atoms with E-state index >= 15 is 0 Å². The van der Waals surface area contributed by atoms with E-state index in [2.05, 4.69) is 27.7 Å². The van der Waals surface area contributed by atoms with Crippen molar-refractivity contribution < 1.29 is 29.1 Å². The molecule has 3 aliphatic rings. The minimum absolute atomic E-state index is 0.111. The Balaban J connectivity index is 1.59. The van der Waals surface area contributed by atoms with Crippen molar-refractivity contribution in [3.63, 3.8) is 0 Å². The number of benzene rings is 1. The molecule has 0 amide bonds. The molecule has 4 rings (SSSR count). The molecule has 0 aliphatic carbocycles. The highest BCUT2D eigenvalue weighted by molar-refractivity contribution is 5.37. The highest BCUT2D eigenvalue weighted by atomic mass is 17.3. The number of aromatic hydroxyl groups is 1. The molecule has 1 N–H and O–H groups in total. The largest absolute Gasteiger partial charge is 0.508 e. The molecule has 0 aromatic heterocycles. The van der Waals surface area contributed by atoms with Gasteiger partial charge in [0.1, 0.15) is 5.75 Å². The number of rotatable bonds is 5. The van der Waals surface area contributed by atoms with Gasteiger partial charge in [0.05, 0.1) is 13.2 Å². The van der Waals surface area contributed by atoms with E-state index in [1.807, 2.05) is 6.07 Å². The molecular weight excluding hydrogens is 360 g/mol. The summed E-state index contributed by atoms with van der Waals surface area (Å²) in [6, 6.07) is 7.06. The number of phenolic OH excluding ortho intramolecular Hbond substituents is 1. The molecule has 3 aliphatic heterocycles. The third-order valence-corrected chi connectivity index (χ3v) is 6.57. The highest BCUT2D eigenvalue weighted by Gasteiger charge is 2.82. The van der Waals surface area contributed by atoms with Crippen LogP contribution in [0, 0.1) is 10.8 Å². The molecule has 6 heteroatoms. The van der Waals surface area contributed by atoms with Crippen LogP contribution in [0.4, 0.5) is 0 Å². The van der Waals surface area contributed by atoms with Crippen LogP contribution < -0.4 is 0 Å². The smallest absolute Gasteiger partial charge is 0.261 e. The van der Waals surface area contributed by atoms with E-state index in [0.717, 1.165) is 37.9 Å². The quantitative estimate of drug-likeness (QED) is 0.755. The van der Waals surface area contributed by atoms with Crippen molar-refractivity contribution in [3.8, 4) is 5.75 Å². The first-order chi connectivity index (χ1) is 13.2. The summed E-state index contributed by atoms with van der Waals surface area (Å²) >= 11 is 0. The minimum Gasteiger partial charge on any atom is -0.508 e. The predicted octanol–water partition coefficient (Wildman–Crippen LogP) is 4.26. The van der Waals surface area contributed by atoms with E-state index in [9.17, 15) is 5.11 Å². The van der Waals surface area contributed by atoms with Gasteiger partial charge in [-0.05, 0) is 37.8 Å². The fourth-order valence-corrected chi connectivity index (χ4v) is 5.26. The zero-order valence-corrected chi connectivity index (χ0v) is 17.3. The van der Waals surface area contributed by atoms with Crippen molar-refractivity contribution in [3.05, 3.63) is 29.8 Å². The van der Waals surface area contributed by atoms with E-state index in [1.54, 1.807) is 18.2 Å². The molecule has 1 unspecified atom stereocenters. The first-order valence-electron chi connectivity index (χ1n) is 10.3. The average molecular weight is 392 g/mol. The van der Waals surface area contributed by atoms with Gasteiger partial charge >= 0.3 is 0 Å². The Bertz CT molecular complexity index is 709. The molecule has 3 fully saturated rings. The van der Waals surface area contributed by atoms with Crippen LogP contribution in [-0.2, 0) is 29.8 Å². The first kappa shape index (κ1) is 20.1. The molecule has 1 aromatic rings. The number of ether oxygens (including phenoxy) is 3. The van der Waals surface area contributed by atoms with Crippen molar-refractivity contribution in [2.45, 2.75) is 71.1 Å². The molecule has 3 heterocycles. The van der Waals surface area contributed by atoms with Crippen LogP contribution in [0.25, 0.3) is 0 Å². The lowest BCUT2D eigenvalue weighted by molar-refractivity contribution is -0.627. The van der Waals surface area contributed by atoms with Crippen LogP contribution in [0.2, 0.25) is 0 Å². The lowest BCUT2D eigenvalue weighted by Gasteiger charge is -2.61. The van der Waals surface area contributed by atoms with Crippen molar-refractivity contribution in [2.75, 3.05) is 19.8 Å². The molecule has 6 nitrogen and oxygen atoms in total. The van der Waals surface area contributed by atoms with Gasteiger partial charge in [0.2, 0.25) is 0 Å². The Kier molecular flexibility index (Phi) is 5.00. The van der Waals surface area contributed by atoms with Crippen LogP contribution in [-0.4, -0.2) is 36.8 Å². The predicted molar refractivity (Wildman–Crippen MR) is 102 cm³/mol. The highest BCUT2D eigenvalue weighted by Crippen LogP contribution is 2.70. The second-order valence-corrected chi connectivity index (χ2v) is 9.53. The summed E-state index contributed by atoms with van der Waals surface area (Å²) in [6.45, 7) is 10.4. The van der Waals surface area contributed by atoms with Gasteiger partial charge in [0.15, 0.2) is 11.9 Å². The summed E-state index contributed by atoms with van der Waals surface area (Å²) in [7, 11) is 0. The Morgan fingerprint density at radius 2 is 2.04 bits per heavy atom. The van der Waals surface area contributed by atoms with Gasteiger partial charge in [-0.3, -0.25) is 0 Å². The van der Waals surface area contributed by atoms with Crippen LogP contribution in [0.15, 0.2) is 24.3 Å². The zero-order chi connectivity index (χ0) is 20.0. The van der Waals surface area contributed by atoms with Gasteiger partial charge in [-0.15, -0.1) is 0 Å². The van der Waals surface area contributed by atoms with Gasteiger partial charge in [-0.2, -0.15) is 4.89 Å². The van der Waals surface area contributed by atoms with Gasteiger partial charge in [-0.25, -0.2) is 4.89 Å². The zero-order valence-electron chi connectivity index (χ0n) is 17.3. The molecule has 156 valence electrons. The molecule has 1 aromatic carbocycles. The van der Waals surface area contributed by atoms with E-state index in [1.165, 1.54) is 0 Å². The Labute approximate surface area is 167 Å². The van der Waals surface area contributed by atoms with Crippen LogP contribution in [0.3, 0.4) is 0 Å². The maximum absolute atomic E-state index is 10.0. The standard InChI is InChI=1S/C22H32O6/c1-19(2,3)22-20(4,11-13-25-18-10-5-6-12-24-18)15-26-21(22,27-28-22)16-8-7-9-17(23)14-16/h7-9,14,18,23H,5-6,10-13,15H2,1-4H3/t18?,20-,21-,22-/m0/s1. The number of hydrogen-bond donors (Lipinski definition) is 1. The van der Waals surface area contributed by atoms with E-state index in [4.69, 9.17) is 24.0 Å². The Morgan fingerprint density at radius 3 is 2.64 bits per heavy atom. The third kappa shape index (κ3) is 2.81. The first-order valence-corrected chi connectivity index (χ1v) is 10.3. The third-order valence-electron chi connectivity index (χ3n) is 6.57. The fourth-order valence-electron chi connectivity index (χ4n) is 5.26. The summed E-state index contributed by atoms with van der Waals surface area (Å²) in [5.41, 5.74) is -0.543. The maximum atomic E-state index is 10.0. The van der Waals surface area contributed by atoms with Crippen LogP contribution in [0.5, 0.6) is 5.75 Å². The number of fused-ring (bicyclic) bond motifs is 1. The van der Waals surface area contributed by atoms with Gasteiger partial charge in [0.25, 0.3) is 5.79 Å². The molecule has 0 radical (unpaired) electrons. The molecule has 3 saturated heterocycles. The van der Waals surface area contributed by atoms with Crippen LogP contribution in [0.1, 0.15) is 58.9 Å². The monoisotopic (exact) mass is 392 g/mol. The van der Waals surface area contributed by atoms with E-state index in [-0.39, 0.29) is 22.9 Å².